The maximum absolute atomic E-state index is 13.3. The van der Waals surface area contributed by atoms with Gasteiger partial charge in [0, 0.05) is 56.3 Å². The second kappa shape index (κ2) is 22.4. The lowest BCUT2D eigenvalue weighted by atomic mass is 9.82. The first-order chi connectivity index (χ1) is 25.0. The number of Topliss-reactive ketones (excluding diaryl/α,β-unsaturated/α-hetero) is 2. The van der Waals surface area contributed by atoms with Crippen LogP contribution in [0, 0.1) is 23.2 Å². The Morgan fingerprint density at radius 3 is 1.94 bits per heavy atom. The van der Waals surface area contributed by atoms with Crippen molar-refractivity contribution in [3.8, 4) is 0 Å². The summed E-state index contributed by atoms with van der Waals surface area (Å²) in [5.74, 6) is -6.27. The highest BCUT2D eigenvalue weighted by Gasteiger charge is 2.45. The number of aliphatic carboxylic acids is 2. The molecule has 2 rings (SSSR count). The van der Waals surface area contributed by atoms with Gasteiger partial charge < -0.3 is 36.2 Å². The van der Waals surface area contributed by atoms with Crippen LogP contribution >= 0.6 is 0 Å². The number of anilines is 1. The molecule has 0 saturated carbocycles. The Bertz CT molecular complexity index is 1460. The summed E-state index contributed by atoms with van der Waals surface area (Å²) >= 11 is 0. The molecule has 53 heavy (non-hydrogen) atoms. The van der Waals surface area contributed by atoms with Crippen LogP contribution < -0.4 is 21.3 Å². The average molecular weight is 748 g/mol. The molecule has 0 unspecified atom stereocenters. The van der Waals surface area contributed by atoms with Gasteiger partial charge in [0.25, 0.3) is 6.45 Å². The molecule has 1 saturated heterocycles. The summed E-state index contributed by atoms with van der Waals surface area (Å²) in [6.45, 7) is 14.3. The molecule has 15 heteroatoms. The molecule has 1 aliphatic heterocycles. The van der Waals surface area contributed by atoms with Crippen LogP contribution in [0.5, 0.6) is 0 Å². The third-order valence-electron chi connectivity index (χ3n) is 8.06. The summed E-state index contributed by atoms with van der Waals surface area (Å²) < 4.78 is 11.4. The smallest absolute Gasteiger partial charge is 0.303 e. The van der Waals surface area contributed by atoms with E-state index in [1.165, 1.54) is 19.1 Å². The molecule has 6 N–H and O–H groups in total. The van der Waals surface area contributed by atoms with Crippen molar-refractivity contribution in [3.05, 3.63) is 29.8 Å². The Morgan fingerprint density at radius 1 is 0.887 bits per heavy atom. The number of carbonyl (C=O) groups is 8. The van der Waals surface area contributed by atoms with E-state index in [0.717, 1.165) is 0 Å². The Hall–Kier alpha value is -4.66. The zero-order valence-electron chi connectivity index (χ0n) is 33.0. The van der Waals surface area contributed by atoms with Gasteiger partial charge in [-0.1, -0.05) is 53.7 Å². The Kier molecular flexibility index (Phi) is 18.8. The van der Waals surface area contributed by atoms with Gasteiger partial charge in [-0.2, -0.15) is 0 Å². The number of carboxylic acid groups (broad SMARTS) is 2. The monoisotopic (exact) mass is 747 g/mol. The van der Waals surface area contributed by atoms with Crippen LogP contribution in [0.1, 0.15) is 107 Å². The number of rotatable bonds is 22. The molecular formula is C38H58N4O11. The Morgan fingerprint density at radius 2 is 1.45 bits per heavy atom. The van der Waals surface area contributed by atoms with Crippen LogP contribution in [0.3, 0.4) is 0 Å². The van der Waals surface area contributed by atoms with E-state index in [-0.39, 0.29) is 76.3 Å². The van der Waals surface area contributed by atoms with Gasteiger partial charge in [0.15, 0.2) is 12.9 Å². The summed E-state index contributed by atoms with van der Waals surface area (Å²) in [4.78, 5) is 97.9. The quantitative estimate of drug-likeness (QED) is 0.0934. The first-order valence-electron chi connectivity index (χ1n) is 18.4. The summed E-state index contributed by atoms with van der Waals surface area (Å²) in [6, 6.07) is 5.17. The summed E-state index contributed by atoms with van der Waals surface area (Å²) in [5.41, 5.74) is 0.244. The lowest BCUT2D eigenvalue weighted by molar-refractivity contribution is -0.140. The largest absolute Gasteiger partial charge is 0.481 e. The van der Waals surface area contributed by atoms with Gasteiger partial charge in [-0.05, 0) is 55.2 Å². The van der Waals surface area contributed by atoms with Gasteiger partial charge in [-0.15, -0.1) is 0 Å². The van der Waals surface area contributed by atoms with E-state index in [1.54, 1.807) is 12.1 Å². The van der Waals surface area contributed by atoms with E-state index >= 15 is 0 Å². The number of benzene rings is 1. The van der Waals surface area contributed by atoms with Crippen LogP contribution in [0.15, 0.2) is 24.3 Å². The van der Waals surface area contributed by atoms with Crippen molar-refractivity contribution in [3.63, 3.8) is 0 Å². The number of ether oxygens (including phenoxy) is 1. The van der Waals surface area contributed by atoms with Gasteiger partial charge in [0.05, 0.1) is 12.5 Å². The highest BCUT2D eigenvalue weighted by atomic mass is 16.5. The second-order valence-electron chi connectivity index (χ2n) is 15.5. The molecule has 1 aromatic carbocycles. The standard InChI is InChI=1S/C33H46N4O11.C5H12/c1-20(2)14-23(6-10-27(40)33(17-34-18-33)37-28(41)11-13-30(44)45)31(46)35-21(3)26(39)15-24(7-12-29(42)43)32(47)36-25-8-4-22(5-9-25)16-48-19-38;1-5(2,3)4/h4-5,8-9,19-21,23-24,34H,6-7,10-18H2,1-3H3,(H,35,46)(H,36,47)(H,37,41)(H,42,43)(H,44,45);1-4H3/t21-,23+,24+;/m0./s1/i19D;. The van der Waals surface area contributed by atoms with Gasteiger partial charge in [0.1, 0.15) is 12.1 Å². The van der Waals surface area contributed by atoms with Gasteiger partial charge >= 0.3 is 11.9 Å². The van der Waals surface area contributed by atoms with Crippen molar-refractivity contribution < 1.29 is 54.7 Å². The van der Waals surface area contributed by atoms with Crippen molar-refractivity contribution in [1.29, 1.82) is 0 Å². The maximum Gasteiger partial charge on any atom is 0.303 e. The predicted molar refractivity (Wildman–Crippen MR) is 196 cm³/mol. The molecule has 0 radical (unpaired) electrons. The number of hydrogen-bond acceptors (Lipinski definition) is 10. The third-order valence-corrected chi connectivity index (χ3v) is 8.06. The van der Waals surface area contributed by atoms with Crippen LogP contribution in [0.25, 0.3) is 0 Å². The predicted octanol–water partition coefficient (Wildman–Crippen LogP) is 3.63. The first-order valence-corrected chi connectivity index (χ1v) is 17.9. The first kappa shape index (κ1) is 44.5. The van der Waals surface area contributed by atoms with Crippen molar-refractivity contribution >= 4 is 53.4 Å². The molecule has 15 nitrogen and oxygen atoms in total. The Balaban J connectivity index is 0.00000272. The lowest BCUT2D eigenvalue weighted by Crippen LogP contribution is -2.73. The molecule has 1 aromatic rings. The maximum atomic E-state index is 13.3. The van der Waals surface area contributed by atoms with Crippen LogP contribution in [0.2, 0.25) is 0 Å². The van der Waals surface area contributed by atoms with E-state index in [2.05, 4.69) is 53.7 Å². The highest BCUT2D eigenvalue weighted by molar-refractivity contribution is 5.98. The fraction of sp³-hybridized carbons (Fsp3) is 0.632. The van der Waals surface area contributed by atoms with Gasteiger partial charge in [0.2, 0.25) is 17.7 Å². The van der Waals surface area contributed by atoms with E-state index in [9.17, 15) is 43.5 Å². The van der Waals surface area contributed by atoms with Crippen molar-refractivity contribution in [2.75, 3.05) is 18.4 Å². The Labute approximate surface area is 313 Å². The molecule has 0 aromatic heterocycles. The molecular weight excluding hydrogens is 688 g/mol. The van der Waals surface area contributed by atoms with Gasteiger partial charge in [-0.3, -0.25) is 38.4 Å². The fourth-order valence-electron chi connectivity index (χ4n) is 5.25. The molecule has 3 atom stereocenters. The lowest BCUT2D eigenvalue weighted by Gasteiger charge is -2.42. The fourth-order valence-corrected chi connectivity index (χ4v) is 5.25. The summed E-state index contributed by atoms with van der Waals surface area (Å²) in [5, 5.41) is 29.0. The molecule has 0 aliphatic carbocycles. The van der Waals surface area contributed by atoms with E-state index in [0.29, 0.717) is 23.1 Å². The minimum Gasteiger partial charge on any atom is -0.481 e. The second-order valence-corrected chi connectivity index (χ2v) is 15.5. The minimum absolute atomic E-state index is 0.0399. The SMILES string of the molecule is CC(C)(C)C.[2H]C(=O)OCc1ccc(NC(=O)[C@H](CCC(=O)O)CC(=O)[C@H](C)NC(=O)[C@H](CCC(=O)C2(NC(=O)CCC(=O)O)CNC2)CC(C)C)cc1. The molecule has 1 fully saturated rings. The van der Waals surface area contributed by atoms with Crippen LogP contribution in [-0.2, 0) is 49.7 Å². The van der Waals surface area contributed by atoms with Crippen molar-refractivity contribution in [2.24, 2.45) is 23.2 Å². The molecule has 0 bridgehead atoms. The number of nitrogens with one attached hydrogen (secondary N) is 4. The van der Waals surface area contributed by atoms with Crippen molar-refractivity contribution in [1.82, 2.24) is 16.0 Å². The molecule has 3 amide bonds. The topological polar surface area (TPSA) is 234 Å². The highest BCUT2D eigenvalue weighted by Crippen LogP contribution is 2.23. The number of amides is 3. The number of ketones is 2. The third kappa shape index (κ3) is 19.1. The number of hydrogen-bond donors (Lipinski definition) is 6. The normalized spacial score (nSPS) is 15.1. The molecule has 1 heterocycles. The summed E-state index contributed by atoms with van der Waals surface area (Å²) in [6.07, 6.45) is -2.16. The minimum atomic E-state index is -1.19. The zero-order valence-corrected chi connectivity index (χ0v) is 32.0. The van der Waals surface area contributed by atoms with Crippen LogP contribution in [0.4, 0.5) is 5.69 Å². The average Bonchev–Trinajstić information content (AvgIpc) is 3.03. The summed E-state index contributed by atoms with van der Waals surface area (Å²) in [7, 11) is 0. The zero-order chi connectivity index (χ0) is 41.2. The molecule has 0 spiro atoms. The number of carbonyl (C=O) groups excluding carboxylic acids is 6. The van der Waals surface area contributed by atoms with Crippen LogP contribution in [-0.4, -0.2) is 82.6 Å². The van der Waals surface area contributed by atoms with Crippen molar-refractivity contribution in [2.45, 2.75) is 118 Å². The number of carboxylic acids is 2. The van der Waals surface area contributed by atoms with E-state index < -0.39 is 65.3 Å². The molecule has 1 aliphatic rings. The molecule has 296 valence electrons. The van der Waals surface area contributed by atoms with Gasteiger partial charge in [-0.25, -0.2) is 0 Å². The van der Waals surface area contributed by atoms with E-state index in [1.807, 2.05) is 13.8 Å². The van der Waals surface area contributed by atoms with E-state index in [4.69, 9.17) is 6.48 Å².